The van der Waals surface area contributed by atoms with Crippen molar-refractivity contribution in [1.29, 1.82) is 0 Å². The van der Waals surface area contributed by atoms with Gasteiger partial charge < -0.3 is 14.6 Å². The summed E-state index contributed by atoms with van der Waals surface area (Å²) in [5.41, 5.74) is 4.15. The van der Waals surface area contributed by atoms with Crippen LogP contribution < -0.4 is 10.1 Å². The highest BCUT2D eigenvalue weighted by atomic mass is 79.9. The molecule has 0 spiro atoms. The van der Waals surface area contributed by atoms with Crippen molar-refractivity contribution in [2.75, 3.05) is 12.4 Å². The minimum atomic E-state index is 0.296. The van der Waals surface area contributed by atoms with E-state index in [1.807, 2.05) is 43.3 Å². The molecular weight excluding hydrogens is 392 g/mol. The van der Waals surface area contributed by atoms with Crippen molar-refractivity contribution >= 4 is 21.6 Å². The Hall–Kier alpha value is -2.27. The normalized spacial score (nSPS) is 12.0. The molecular formula is C21H23BrN2O2. The van der Waals surface area contributed by atoms with Crippen molar-refractivity contribution in [3.05, 3.63) is 64.3 Å². The first-order chi connectivity index (χ1) is 12.6. The fraction of sp³-hybridized carbons (Fsp3) is 0.286. The Balaban J connectivity index is 1.66. The number of halogens is 1. The molecule has 3 rings (SSSR count). The van der Waals surface area contributed by atoms with Gasteiger partial charge in [-0.3, -0.25) is 0 Å². The van der Waals surface area contributed by atoms with Crippen LogP contribution >= 0.6 is 15.9 Å². The van der Waals surface area contributed by atoms with E-state index in [4.69, 9.17) is 9.26 Å². The highest BCUT2D eigenvalue weighted by molar-refractivity contribution is 9.10. The van der Waals surface area contributed by atoms with Gasteiger partial charge in [0.25, 0.3) is 0 Å². The second-order valence-electron chi connectivity index (χ2n) is 6.41. The van der Waals surface area contributed by atoms with Crippen molar-refractivity contribution < 1.29 is 9.26 Å². The summed E-state index contributed by atoms with van der Waals surface area (Å²) in [7, 11) is 1.69. The number of rotatable bonds is 7. The van der Waals surface area contributed by atoms with Gasteiger partial charge in [0, 0.05) is 16.1 Å². The predicted octanol–water partition coefficient (Wildman–Crippen LogP) is 5.85. The Labute approximate surface area is 162 Å². The number of benzene rings is 2. The first-order valence-corrected chi connectivity index (χ1v) is 9.48. The van der Waals surface area contributed by atoms with Gasteiger partial charge in [-0.05, 0) is 68.7 Å². The number of hydrogen-bond donors (Lipinski definition) is 1. The molecule has 0 aliphatic heterocycles. The van der Waals surface area contributed by atoms with Gasteiger partial charge in [-0.25, -0.2) is 0 Å². The summed E-state index contributed by atoms with van der Waals surface area (Å²) < 4.78 is 11.8. The number of nitrogens with one attached hydrogen (secondary N) is 1. The van der Waals surface area contributed by atoms with Crippen LogP contribution in [-0.4, -0.2) is 18.3 Å². The van der Waals surface area contributed by atoms with E-state index in [2.05, 4.69) is 45.5 Å². The smallest absolute Gasteiger partial charge is 0.190 e. The fourth-order valence-electron chi connectivity index (χ4n) is 2.83. The predicted molar refractivity (Wildman–Crippen MR) is 109 cm³/mol. The molecule has 0 aliphatic carbocycles. The Morgan fingerprint density at radius 3 is 2.46 bits per heavy atom. The zero-order valence-electron chi connectivity index (χ0n) is 15.3. The summed E-state index contributed by atoms with van der Waals surface area (Å²) in [6, 6.07) is 16.6. The molecule has 26 heavy (non-hydrogen) atoms. The molecule has 0 aliphatic rings. The Kier molecular flexibility index (Phi) is 5.99. The van der Waals surface area contributed by atoms with Crippen LogP contribution in [0.1, 0.15) is 24.6 Å². The molecule has 1 unspecified atom stereocenters. The summed E-state index contributed by atoms with van der Waals surface area (Å²) >= 11 is 3.46. The number of methoxy groups -OCH3 is 1. The maximum Gasteiger partial charge on any atom is 0.190 e. The number of aryl methyl sites for hydroxylation is 2. The number of hydrogen-bond acceptors (Lipinski definition) is 4. The van der Waals surface area contributed by atoms with Gasteiger partial charge in [0.05, 0.1) is 7.11 Å². The van der Waals surface area contributed by atoms with Crippen molar-refractivity contribution in [3.8, 4) is 17.1 Å². The lowest BCUT2D eigenvalue weighted by atomic mass is 10.0. The standard InChI is InChI=1S/C21H23BrN2O2/c1-14(4-5-16-6-12-19(25-3)13-7-16)23-20-15(2)24-26-21(20)17-8-10-18(22)11-9-17/h6-14,23H,4-5H2,1-3H3. The van der Waals surface area contributed by atoms with Gasteiger partial charge >= 0.3 is 0 Å². The molecule has 2 aromatic carbocycles. The lowest BCUT2D eigenvalue weighted by Gasteiger charge is -2.15. The average molecular weight is 415 g/mol. The van der Waals surface area contributed by atoms with Crippen LogP contribution in [0.3, 0.4) is 0 Å². The molecule has 0 fully saturated rings. The van der Waals surface area contributed by atoms with Gasteiger partial charge in [-0.15, -0.1) is 0 Å². The SMILES string of the molecule is COc1ccc(CCC(C)Nc2c(C)noc2-c2ccc(Br)cc2)cc1. The molecule has 0 bridgehead atoms. The molecule has 0 saturated heterocycles. The van der Waals surface area contributed by atoms with Crippen LogP contribution in [0.15, 0.2) is 57.5 Å². The number of aromatic nitrogens is 1. The van der Waals surface area contributed by atoms with Gasteiger partial charge in [0.1, 0.15) is 17.1 Å². The minimum Gasteiger partial charge on any atom is -0.497 e. The first-order valence-electron chi connectivity index (χ1n) is 8.68. The molecule has 4 nitrogen and oxygen atoms in total. The van der Waals surface area contributed by atoms with Crippen molar-refractivity contribution in [2.24, 2.45) is 0 Å². The van der Waals surface area contributed by atoms with E-state index in [1.54, 1.807) is 7.11 Å². The summed E-state index contributed by atoms with van der Waals surface area (Å²) in [6.07, 6.45) is 2.01. The van der Waals surface area contributed by atoms with Crippen LogP contribution in [0.5, 0.6) is 5.75 Å². The van der Waals surface area contributed by atoms with Crippen molar-refractivity contribution in [3.63, 3.8) is 0 Å². The van der Waals surface area contributed by atoms with Gasteiger partial charge in [-0.2, -0.15) is 0 Å². The Morgan fingerprint density at radius 1 is 1.12 bits per heavy atom. The zero-order chi connectivity index (χ0) is 18.5. The number of nitrogens with zero attached hydrogens (tertiary/aromatic N) is 1. The van der Waals surface area contributed by atoms with E-state index in [-0.39, 0.29) is 0 Å². The van der Waals surface area contributed by atoms with Gasteiger partial charge in [0.15, 0.2) is 5.76 Å². The summed E-state index contributed by atoms with van der Waals surface area (Å²) in [4.78, 5) is 0. The second kappa shape index (κ2) is 8.41. The Bertz CT molecular complexity index is 841. The van der Waals surface area contributed by atoms with E-state index in [1.165, 1.54) is 5.56 Å². The maximum atomic E-state index is 5.57. The van der Waals surface area contributed by atoms with Crippen LogP contribution in [-0.2, 0) is 6.42 Å². The number of anilines is 1. The largest absolute Gasteiger partial charge is 0.497 e. The average Bonchev–Trinajstić information content (AvgIpc) is 3.01. The minimum absolute atomic E-state index is 0.296. The lowest BCUT2D eigenvalue weighted by molar-refractivity contribution is 0.414. The van der Waals surface area contributed by atoms with Crippen molar-refractivity contribution in [1.82, 2.24) is 5.16 Å². The van der Waals surface area contributed by atoms with Crippen LogP contribution in [0, 0.1) is 6.92 Å². The molecule has 0 amide bonds. The fourth-order valence-corrected chi connectivity index (χ4v) is 3.10. The molecule has 1 heterocycles. The third kappa shape index (κ3) is 4.47. The van der Waals surface area contributed by atoms with Gasteiger partial charge in [-0.1, -0.05) is 33.2 Å². The van der Waals surface area contributed by atoms with E-state index in [9.17, 15) is 0 Å². The monoisotopic (exact) mass is 414 g/mol. The van der Waals surface area contributed by atoms with E-state index < -0.39 is 0 Å². The van der Waals surface area contributed by atoms with Crippen molar-refractivity contribution in [2.45, 2.75) is 32.7 Å². The summed E-state index contributed by atoms with van der Waals surface area (Å²) in [6.45, 7) is 4.14. The zero-order valence-corrected chi connectivity index (χ0v) is 16.8. The molecule has 1 atom stereocenters. The molecule has 0 radical (unpaired) electrons. The molecule has 1 N–H and O–H groups in total. The Morgan fingerprint density at radius 2 is 1.81 bits per heavy atom. The van der Waals surface area contributed by atoms with Crippen LogP contribution in [0.25, 0.3) is 11.3 Å². The summed E-state index contributed by atoms with van der Waals surface area (Å²) in [5, 5.41) is 7.71. The topological polar surface area (TPSA) is 47.3 Å². The molecule has 136 valence electrons. The molecule has 3 aromatic rings. The molecule has 0 saturated carbocycles. The highest BCUT2D eigenvalue weighted by Crippen LogP contribution is 2.32. The summed E-state index contributed by atoms with van der Waals surface area (Å²) in [5.74, 6) is 1.67. The van der Waals surface area contributed by atoms with E-state index in [0.717, 1.165) is 45.8 Å². The quantitative estimate of drug-likeness (QED) is 0.526. The molecule has 5 heteroatoms. The lowest BCUT2D eigenvalue weighted by Crippen LogP contribution is -2.16. The third-order valence-electron chi connectivity index (χ3n) is 4.38. The first kappa shape index (κ1) is 18.5. The highest BCUT2D eigenvalue weighted by Gasteiger charge is 2.17. The maximum absolute atomic E-state index is 5.57. The molecule has 1 aromatic heterocycles. The third-order valence-corrected chi connectivity index (χ3v) is 4.91. The van der Waals surface area contributed by atoms with Gasteiger partial charge in [0.2, 0.25) is 0 Å². The van der Waals surface area contributed by atoms with Crippen LogP contribution in [0.4, 0.5) is 5.69 Å². The number of ether oxygens (including phenoxy) is 1. The van der Waals surface area contributed by atoms with E-state index in [0.29, 0.717) is 6.04 Å². The second-order valence-corrected chi connectivity index (χ2v) is 7.33. The van der Waals surface area contributed by atoms with E-state index >= 15 is 0 Å². The van der Waals surface area contributed by atoms with Crippen LogP contribution in [0.2, 0.25) is 0 Å².